The highest BCUT2D eigenvalue weighted by atomic mass is 16.1. The van der Waals surface area contributed by atoms with Gasteiger partial charge >= 0.3 is 5.56 Å². The Morgan fingerprint density at radius 2 is 1.68 bits per heavy atom. The van der Waals surface area contributed by atoms with E-state index in [9.17, 15) is 4.79 Å². The van der Waals surface area contributed by atoms with Crippen molar-refractivity contribution in [3.63, 3.8) is 0 Å². The van der Waals surface area contributed by atoms with Gasteiger partial charge in [-0.15, -0.1) is 10.2 Å². The monoisotopic (exact) mass is 332 g/mol. The van der Waals surface area contributed by atoms with Crippen molar-refractivity contribution in [1.82, 2.24) is 14.9 Å². The summed E-state index contributed by atoms with van der Waals surface area (Å²) in [7, 11) is 0. The van der Waals surface area contributed by atoms with Gasteiger partial charge in [-0.3, -0.25) is 4.79 Å². The summed E-state index contributed by atoms with van der Waals surface area (Å²) in [5.41, 5.74) is 2.92. The fourth-order valence-corrected chi connectivity index (χ4v) is 2.46. The average molecular weight is 332 g/mol. The summed E-state index contributed by atoms with van der Waals surface area (Å²) >= 11 is 0. The summed E-state index contributed by atoms with van der Waals surface area (Å²) in [6, 6.07) is 17.4. The Kier molecular flexibility index (Phi) is 4.84. The minimum Gasteiger partial charge on any atom is -0.265 e. The van der Waals surface area contributed by atoms with E-state index in [-0.39, 0.29) is 5.56 Å². The molecule has 1 heterocycles. The van der Waals surface area contributed by atoms with Gasteiger partial charge in [-0.1, -0.05) is 68.4 Å². The van der Waals surface area contributed by atoms with Gasteiger partial charge in [0.15, 0.2) is 11.5 Å². The third kappa shape index (κ3) is 3.71. The molecule has 2 aromatic carbocycles. The van der Waals surface area contributed by atoms with E-state index >= 15 is 0 Å². The molecule has 0 N–H and O–H groups in total. The first-order chi connectivity index (χ1) is 12.1. The molecule has 0 bridgehead atoms. The van der Waals surface area contributed by atoms with Crippen molar-refractivity contribution in [2.45, 2.75) is 26.7 Å². The van der Waals surface area contributed by atoms with E-state index in [0.29, 0.717) is 17.4 Å². The van der Waals surface area contributed by atoms with Crippen LogP contribution in [-0.2, 0) is 0 Å². The van der Waals surface area contributed by atoms with Crippen molar-refractivity contribution >= 4 is 6.21 Å². The highest BCUT2D eigenvalue weighted by Crippen LogP contribution is 2.14. The molecule has 1 aromatic heterocycles. The molecule has 0 aliphatic rings. The van der Waals surface area contributed by atoms with Gasteiger partial charge in [0.2, 0.25) is 0 Å². The van der Waals surface area contributed by atoms with Crippen LogP contribution in [0.5, 0.6) is 0 Å². The number of nitrogens with zero attached hydrogens (tertiary/aromatic N) is 4. The molecular weight excluding hydrogens is 312 g/mol. The standard InChI is InChI=1S/C20H20N4O/c1-14(2)17-11-9-16(10-12-17)13-21-24-15(3)22-23-19(20(24)25)18-7-5-4-6-8-18/h4-14H,1-3H3/b21-13-. The number of aryl methyl sites for hydroxylation is 1. The zero-order chi connectivity index (χ0) is 17.8. The predicted molar refractivity (Wildman–Crippen MR) is 100.0 cm³/mol. The zero-order valence-corrected chi connectivity index (χ0v) is 14.5. The van der Waals surface area contributed by atoms with Crippen LogP contribution in [0.3, 0.4) is 0 Å². The quantitative estimate of drug-likeness (QED) is 0.686. The second-order valence-corrected chi connectivity index (χ2v) is 6.14. The Morgan fingerprint density at radius 1 is 1.00 bits per heavy atom. The van der Waals surface area contributed by atoms with Gasteiger partial charge in [-0.25, -0.2) is 0 Å². The van der Waals surface area contributed by atoms with Crippen LogP contribution in [0.15, 0.2) is 64.5 Å². The topological polar surface area (TPSA) is 60.1 Å². The van der Waals surface area contributed by atoms with E-state index in [4.69, 9.17) is 0 Å². The molecular formula is C20H20N4O. The molecule has 0 amide bonds. The molecule has 0 atom stereocenters. The van der Waals surface area contributed by atoms with Gasteiger partial charge in [0.1, 0.15) is 0 Å². The van der Waals surface area contributed by atoms with Crippen LogP contribution >= 0.6 is 0 Å². The molecule has 0 aliphatic carbocycles. The van der Waals surface area contributed by atoms with Crippen molar-refractivity contribution in [3.8, 4) is 11.3 Å². The normalized spacial score (nSPS) is 11.4. The number of benzene rings is 2. The van der Waals surface area contributed by atoms with Crippen LogP contribution in [-0.4, -0.2) is 21.1 Å². The number of hydrogen-bond donors (Lipinski definition) is 0. The van der Waals surface area contributed by atoms with E-state index in [2.05, 4.69) is 41.3 Å². The van der Waals surface area contributed by atoms with Crippen molar-refractivity contribution in [2.75, 3.05) is 0 Å². The first kappa shape index (κ1) is 16.8. The van der Waals surface area contributed by atoms with Gasteiger partial charge < -0.3 is 0 Å². The van der Waals surface area contributed by atoms with E-state index < -0.39 is 0 Å². The molecule has 0 aliphatic heterocycles. The number of hydrogen-bond acceptors (Lipinski definition) is 4. The van der Waals surface area contributed by atoms with Crippen LogP contribution in [0, 0.1) is 6.92 Å². The van der Waals surface area contributed by atoms with Crippen LogP contribution in [0.25, 0.3) is 11.3 Å². The summed E-state index contributed by atoms with van der Waals surface area (Å²) < 4.78 is 1.28. The largest absolute Gasteiger partial charge is 0.301 e. The van der Waals surface area contributed by atoms with Crippen molar-refractivity contribution < 1.29 is 0 Å². The Labute approximate surface area is 146 Å². The van der Waals surface area contributed by atoms with Crippen LogP contribution in [0.1, 0.15) is 36.7 Å². The maximum absolute atomic E-state index is 12.7. The molecule has 5 nitrogen and oxygen atoms in total. The average Bonchev–Trinajstić information content (AvgIpc) is 2.63. The molecule has 0 saturated heterocycles. The Hall–Kier alpha value is -3.08. The molecule has 25 heavy (non-hydrogen) atoms. The Bertz CT molecular complexity index is 942. The Morgan fingerprint density at radius 3 is 2.32 bits per heavy atom. The summed E-state index contributed by atoms with van der Waals surface area (Å²) in [5.74, 6) is 0.924. The summed E-state index contributed by atoms with van der Waals surface area (Å²) in [5, 5.41) is 12.4. The molecule has 126 valence electrons. The van der Waals surface area contributed by atoms with E-state index in [0.717, 1.165) is 11.1 Å². The number of aromatic nitrogens is 3. The molecule has 5 heteroatoms. The van der Waals surface area contributed by atoms with Gasteiger partial charge in [0.05, 0.1) is 6.21 Å². The van der Waals surface area contributed by atoms with E-state index in [1.54, 1.807) is 13.1 Å². The van der Waals surface area contributed by atoms with Crippen molar-refractivity contribution in [2.24, 2.45) is 5.10 Å². The summed E-state index contributed by atoms with van der Waals surface area (Å²) in [6.45, 7) is 6.02. The van der Waals surface area contributed by atoms with Crippen LogP contribution in [0.4, 0.5) is 0 Å². The maximum Gasteiger partial charge on any atom is 0.301 e. The molecule has 3 aromatic rings. The minimum absolute atomic E-state index is 0.284. The first-order valence-electron chi connectivity index (χ1n) is 8.22. The minimum atomic E-state index is -0.284. The lowest BCUT2D eigenvalue weighted by Crippen LogP contribution is -2.23. The van der Waals surface area contributed by atoms with Crippen LogP contribution < -0.4 is 5.56 Å². The van der Waals surface area contributed by atoms with Gasteiger partial charge in [-0.05, 0) is 24.0 Å². The molecule has 0 unspecified atom stereocenters. The van der Waals surface area contributed by atoms with Gasteiger partial charge in [-0.2, -0.15) is 9.78 Å². The lowest BCUT2D eigenvalue weighted by molar-refractivity contribution is 0.717. The smallest absolute Gasteiger partial charge is 0.265 e. The molecule has 3 rings (SSSR count). The number of rotatable bonds is 4. The lowest BCUT2D eigenvalue weighted by Gasteiger charge is -2.06. The fourth-order valence-electron chi connectivity index (χ4n) is 2.46. The van der Waals surface area contributed by atoms with Crippen molar-refractivity contribution in [1.29, 1.82) is 0 Å². The highest BCUT2D eigenvalue weighted by Gasteiger charge is 2.10. The van der Waals surface area contributed by atoms with E-state index in [1.807, 2.05) is 42.5 Å². The van der Waals surface area contributed by atoms with Crippen molar-refractivity contribution in [3.05, 3.63) is 81.9 Å². The maximum atomic E-state index is 12.7. The fraction of sp³-hybridized carbons (Fsp3) is 0.200. The SMILES string of the molecule is Cc1nnc(-c2ccccc2)c(=O)n1/N=C\c1ccc(C(C)C)cc1. The van der Waals surface area contributed by atoms with Gasteiger partial charge in [0.25, 0.3) is 0 Å². The highest BCUT2D eigenvalue weighted by molar-refractivity contribution is 5.79. The molecule has 0 fully saturated rings. The molecule has 0 radical (unpaired) electrons. The second kappa shape index (κ2) is 7.21. The zero-order valence-electron chi connectivity index (χ0n) is 14.5. The second-order valence-electron chi connectivity index (χ2n) is 6.14. The third-order valence-corrected chi connectivity index (χ3v) is 3.97. The first-order valence-corrected chi connectivity index (χ1v) is 8.22. The summed E-state index contributed by atoms with van der Waals surface area (Å²) in [6.07, 6.45) is 1.66. The third-order valence-electron chi connectivity index (χ3n) is 3.97. The molecule has 0 saturated carbocycles. The summed E-state index contributed by atoms with van der Waals surface area (Å²) in [4.78, 5) is 12.7. The lowest BCUT2D eigenvalue weighted by atomic mass is 10.0. The molecule has 0 spiro atoms. The predicted octanol–water partition coefficient (Wildman–Crippen LogP) is 3.62. The Balaban J connectivity index is 1.96. The van der Waals surface area contributed by atoms with Gasteiger partial charge in [0, 0.05) is 5.56 Å². The van der Waals surface area contributed by atoms with E-state index in [1.165, 1.54) is 10.2 Å². The van der Waals surface area contributed by atoms with Crippen LogP contribution in [0.2, 0.25) is 0 Å².